The van der Waals surface area contributed by atoms with E-state index in [2.05, 4.69) is 21.6 Å². The van der Waals surface area contributed by atoms with Gasteiger partial charge in [-0.3, -0.25) is 0 Å². The molecule has 0 fully saturated rings. The number of carbonyl (C=O) groups is 1. The highest BCUT2D eigenvalue weighted by molar-refractivity contribution is 6.30. The summed E-state index contributed by atoms with van der Waals surface area (Å²) in [6.07, 6.45) is 1.41. The van der Waals surface area contributed by atoms with Crippen molar-refractivity contribution in [1.29, 1.82) is 0 Å². The zero-order chi connectivity index (χ0) is 11.3. The van der Waals surface area contributed by atoms with Crippen molar-refractivity contribution in [3.05, 3.63) is 23.0 Å². The van der Waals surface area contributed by atoms with Crippen molar-refractivity contribution in [2.75, 3.05) is 12.3 Å². The summed E-state index contributed by atoms with van der Waals surface area (Å²) in [6.45, 7) is 1.99. The number of pyridine rings is 1. The first-order valence-electron chi connectivity index (χ1n) is 4.23. The van der Waals surface area contributed by atoms with Gasteiger partial charge in [0.15, 0.2) is 0 Å². The van der Waals surface area contributed by atoms with E-state index < -0.39 is 5.97 Å². The van der Waals surface area contributed by atoms with Gasteiger partial charge in [0.25, 0.3) is 0 Å². The van der Waals surface area contributed by atoms with Gasteiger partial charge in [-0.25, -0.2) is 9.78 Å². The van der Waals surface area contributed by atoms with Gasteiger partial charge < -0.3 is 10.5 Å². The van der Waals surface area contributed by atoms with E-state index in [-0.39, 0.29) is 6.61 Å². The van der Waals surface area contributed by atoms with Gasteiger partial charge in [0.2, 0.25) is 0 Å². The highest BCUT2D eigenvalue weighted by atomic mass is 35.5. The summed E-state index contributed by atoms with van der Waals surface area (Å²) in [5.41, 5.74) is 6.23. The first-order chi connectivity index (χ1) is 7.13. The van der Waals surface area contributed by atoms with Crippen molar-refractivity contribution in [3.63, 3.8) is 0 Å². The SMILES string of the molecule is CCOC(=O)C#Cc1ncc(Cl)cc1N. The number of nitrogens with zero attached hydrogens (tertiary/aromatic N) is 1. The minimum atomic E-state index is -0.603. The topological polar surface area (TPSA) is 65.2 Å². The molecule has 2 N–H and O–H groups in total. The molecular formula is C10H9ClN2O2. The smallest absolute Gasteiger partial charge is 0.384 e. The number of rotatable bonds is 1. The van der Waals surface area contributed by atoms with Gasteiger partial charge >= 0.3 is 5.97 Å². The van der Waals surface area contributed by atoms with Crippen molar-refractivity contribution < 1.29 is 9.53 Å². The largest absolute Gasteiger partial charge is 0.456 e. The maximum atomic E-state index is 10.9. The van der Waals surface area contributed by atoms with Crippen LogP contribution in [0.15, 0.2) is 12.3 Å². The first kappa shape index (κ1) is 11.3. The summed E-state index contributed by atoms with van der Waals surface area (Å²) < 4.78 is 4.62. The molecule has 0 spiro atoms. The Labute approximate surface area is 92.4 Å². The Hall–Kier alpha value is -1.73. The average molecular weight is 225 g/mol. The van der Waals surface area contributed by atoms with Gasteiger partial charge in [0, 0.05) is 12.1 Å². The number of ether oxygens (including phenoxy) is 1. The maximum absolute atomic E-state index is 10.9. The van der Waals surface area contributed by atoms with Crippen molar-refractivity contribution >= 4 is 23.3 Å². The molecule has 1 rings (SSSR count). The van der Waals surface area contributed by atoms with Crippen molar-refractivity contribution in [2.45, 2.75) is 6.92 Å². The van der Waals surface area contributed by atoms with Crippen LogP contribution in [0.5, 0.6) is 0 Å². The molecule has 1 aromatic heterocycles. The lowest BCUT2D eigenvalue weighted by molar-refractivity contribution is -0.136. The molecule has 0 bridgehead atoms. The monoisotopic (exact) mass is 224 g/mol. The summed E-state index contributed by atoms with van der Waals surface area (Å²) in [7, 11) is 0. The second-order valence-corrected chi connectivity index (χ2v) is 3.00. The highest BCUT2D eigenvalue weighted by Crippen LogP contribution is 2.13. The van der Waals surface area contributed by atoms with Gasteiger partial charge in [-0.1, -0.05) is 11.6 Å². The third kappa shape index (κ3) is 3.49. The number of carbonyl (C=O) groups excluding carboxylic acids is 1. The van der Waals surface area contributed by atoms with Crippen LogP contribution in [0.4, 0.5) is 5.69 Å². The summed E-state index contributed by atoms with van der Waals surface area (Å²) in [6, 6.07) is 1.52. The first-order valence-corrected chi connectivity index (χ1v) is 4.61. The van der Waals surface area contributed by atoms with Crippen LogP contribution >= 0.6 is 11.6 Å². The van der Waals surface area contributed by atoms with E-state index in [4.69, 9.17) is 17.3 Å². The third-order valence-corrected chi connectivity index (χ3v) is 1.65. The molecule has 0 radical (unpaired) electrons. The second kappa shape index (κ2) is 5.23. The van der Waals surface area contributed by atoms with Crippen molar-refractivity contribution in [1.82, 2.24) is 4.98 Å². The van der Waals surface area contributed by atoms with Gasteiger partial charge in [0.05, 0.1) is 17.3 Å². The molecule has 15 heavy (non-hydrogen) atoms. The van der Waals surface area contributed by atoms with Crippen LogP contribution in [0.2, 0.25) is 5.02 Å². The molecule has 0 aliphatic rings. The summed E-state index contributed by atoms with van der Waals surface area (Å²) in [5, 5.41) is 0.425. The molecule has 0 amide bonds. The number of hydrogen-bond acceptors (Lipinski definition) is 4. The Morgan fingerprint density at radius 3 is 3.07 bits per heavy atom. The van der Waals surface area contributed by atoms with Crippen LogP contribution in [0.3, 0.4) is 0 Å². The van der Waals surface area contributed by atoms with E-state index in [1.165, 1.54) is 12.3 Å². The zero-order valence-electron chi connectivity index (χ0n) is 8.08. The van der Waals surface area contributed by atoms with Crippen molar-refractivity contribution in [2.24, 2.45) is 0 Å². The predicted octanol–water partition coefficient (Wildman–Crippen LogP) is 1.23. The van der Waals surface area contributed by atoms with Crippen molar-refractivity contribution in [3.8, 4) is 11.8 Å². The van der Waals surface area contributed by atoms with Gasteiger partial charge in [-0.05, 0) is 18.9 Å². The molecule has 0 unspecified atom stereocenters. The molecule has 5 heteroatoms. The Balaban J connectivity index is 2.84. The predicted molar refractivity (Wildman–Crippen MR) is 57.2 cm³/mol. The molecule has 1 heterocycles. The van der Waals surface area contributed by atoms with Crippen LogP contribution < -0.4 is 5.73 Å². The lowest BCUT2D eigenvalue weighted by Crippen LogP contribution is -2.00. The van der Waals surface area contributed by atoms with Gasteiger partial charge in [0.1, 0.15) is 5.69 Å². The summed E-state index contributed by atoms with van der Waals surface area (Å²) in [5.74, 6) is 4.17. The van der Waals surface area contributed by atoms with E-state index >= 15 is 0 Å². The number of hydrogen-bond donors (Lipinski definition) is 1. The third-order valence-electron chi connectivity index (χ3n) is 1.44. The minimum Gasteiger partial charge on any atom is -0.456 e. The van der Waals surface area contributed by atoms with E-state index in [9.17, 15) is 4.79 Å². The molecule has 4 nitrogen and oxygen atoms in total. The molecular weight excluding hydrogens is 216 g/mol. The van der Waals surface area contributed by atoms with Crippen LogP contribution in [-0.4, -0.2) is 17.6 Å². The van der Waals surface area contributed by atoms with Crippen LogP contribution in [-0.2, 0) is 9.53 Å². The lowest BCUT2D eigenvalue weighted by atomic mass is 10.3. The Bertz CT molecular complexity index is 435. The molecule has 0 aliphatic heterocycles. The van der Waals surface area contributed by atoms with E-state index in [0.717, 1.165) is 0 Å². The standard InChI is InChI=1S/C10H9ClN2O2/c1-2-15-10(14)4-3-9-8(12)5-7(11)6-13-9/h5-6H,2,12H2,1H3. The van der Waals surface area contributed by atoms with Crippen LogP contribution in [0, 0.1) is 11.8 Å². The Morgan fingerprint density at radius 2 is 2.47 bits per heavy atom. The van der Waals surface area contributed by atoms with Crippen LogP contribution in [0.1, 0.15) is 12.6 Å². The molecule has 0 atom stereocenters. The maximum Gasteiger partial charge on any atom is 0.384 e. The van der Waals surface area contributed by atoms with Crippen LogP contribution in [0.25, 0.3) is 0 Å². The number of nitrogen functional groups attached to an aromatic ring is 1. The molecule has 1 aromatic rings. The molecule has 0 saturated carbocycles. The highest BCUT2D eigenvalue weighted by Gasteiger charge is 1.99. The van der Waals surface area contributed by atoms with Gasteiger partial charge in [-0.15, -0.1) is 0 Å². The number of nitrogens with two attached hydrogens (primary N) is 1. The number of esters is 1. The van der Waals surface area contributed by atoms with Gasteiger partial charge in [-0.2, -0.15) is 0 Å². The number of halogens is 1. The van der Waals surface area contributed by atoms with E-state index in [1.54, 1.807) is 6.92 Å². The molecule has 0 aliphatic carbocycles. The lowest BCUT2D eigenvalue weighted by Gasteiger charge is -1.96. The molecule has 0 saturated heterocycles. The fourth-order valence-electron chi connectivity index (χ4n) is 0.837. The minimum absolute atomic E-state index is 0.289. The van der Waals surface area contributed by atoms with E-state index in [0.29, 0.717) is 16.4 Å². The average Bonchev–Trinajstić information content (AvgIpc) is 2.17. The number of anilines is 1. The fraction of sp³-hybridized carbons (Fsp3) is 0.200. The quantitative estimate of drug-likeness (QED) is 0.576. The summed E-state index contributed by atoms with van der Waals surface area (Å²) in [4.78, 5) is 14.8. The fourth-order valence-corrected chi connectivity index (χ4v) is 1.00. The normalized spacial score (nSPS) is 8.93. The zero-order valence-corrected chi connectivity index (χ0v) is 8.84. The Morgan fingerprint density at radius 1 is 1.73 bits per heavy atom. The molecule has 0 aromatic carbocycles. The molecule has 78 valence electrons. The Kier molecular flexibility index (Phi) is 3.95. The summed E-state index contributed by atoms with van der Waals surface area (Å²) >= 11 is 5.65. The number of aromatic nitrogens is 1. The second-order valence-electron chi connectivity index (χ2n) is 2.56. The van der Waals surface area contributed by atoms with E-state index in [1.807, 2.05) is 0 Å².